The van der Waals surface area contributed by atoms with Crippen LogP contribution >= 0.6 is 0 Å². The molecule has 0 saturated heterocycles. The third kappa shape index (κ3) is 2.67. The lowest BCUT2D eigenvalue weighted by Crippen LogP contribution is -2.21. The second-order valence-electron chi connectivity index (χ2n) is 5.17. The Hall–Kier alpha value is -2.10. The summed E-state index contributed by atoms with van der Waals surface area (Å²) >= 11 is 0. The zero-order valence-corrected chi connectivity index (χ0v) is 10.9. The Morgan fingerprint density at radius 1 is 1.42 bits per heavy atom. The van der Waals surface area contributed by atoms with E-state index < -0.39 is 0 Å². The fourth-order valence-electron chi connectivity index (χ4n) is 2.25. The SMILES string of the molecule is CC(C(=O)Nc1cccc(-c2ccn[nH]2)c1)C1CC1. The topological polar surface area (TPSA) is 57.8 Å². The monoisotopic (exact) mass is 255 g/mol. The van der Waals surface area contributed by atoms with Gasteiger partial charge in [-0.25, -0.2) is 0 Å². The number of anilines is 1. The minimum Gasteiger partial charge on any atom is -0.326 e. The number of H-pyrrole nitrogens is 1. The van der Waals surface area contributed by atoms with Gasteiger partial charge in [0.25, 0.3) is 0 Å². The van der Waals surface area contributed by atoms with Crippen LogP contribution < -0.4 is 5.32 Å². The first kappa shape index (κ1) is 12.0. The highest BCUT2D eigenvalue weighted by atomic mass is 16.1. The van der Waals surface area contributed by atoms with Crippen molar-refractivity contribution in [3.63, 3.8) is 0 Å². The predicted octanol–water partition coefficient (Wildman–Crippen LogP) is 3.06. The quantitative estimate of drug-likeness (QED) is 0.882. The molecule has 0 aliphatic heterocycles. The summed E-state index contributed by atoms with van der Waals surface area (Å²) in [6.07, 6.45) is 4.08. The maximum absolute atomic E-state index is 12.1. The van der Waals surface area contributed by atoms with E-state index in [-0.39, 0.29) is 11.8 Å². The van der Waals surface area contributed by atoms with Gasteiger partial charge in [0.2, 0.25) is 5.91 Å². The number of nitrogens with zero attached hydrogens (tertiary/aromatic N) is 1. The fraction of sp³-hybridized carbons (Fsp3) is 0.333. The van der Waals surface area contributed by atoms with Crippen molar-refractivity contribution in [3.8, 4) is 11.3 Å². The number of benzene rings is 1. The Kier molecular flexibility index (Phi) is 3.07. The van der Waals surface area contributed by atoms with Crippen molar-refractivity contribution in [2.45, 2.75) is 19.8 Å². The molecule has 1 aliphatic carbocycles. The van der Waals surface area contributed by atoms with Crippen molar-refractivity contribution < 1.29 is 4.79 Å². The maximum atomic E-state index is 12.1. The first-order valence-electron chi connectivity index (χ1n) is 6.65. The molecule has 98 valence electrons. The number of carbonyl (C=O) groups is 1. The Balaban J connectivity index is 1.74. The van der Waals surface area contributed by atoms with Gasteiger partial charge in [-0.15, -0.1) is 0 Å². The molecule has 2 N–H and O–H groups in total. The lowest BCUT2D eigenvalue weighted by Gasteiger charge is -2.11. The van der Waals surface area contributed by atoms with Gasteiger partial charge in [0.1, 0.15) is 0 Å². The zero-order valence-electron chi connectivity index (χ0n) is 10.9. The van der Waals surface area contributed by atoms with Crippen molar-refractivity contribution in [1.29, 1.82) is 0 Å². The van der Waals surface area contributed by atoms with Crippen LogP contribution in [-0.2, 0) is 4.79 Å². The molecule has 2 aromatic rings. The molecular formula is C15H17N3O. The molecule has 0 radical (unpaired) electrons. The van der Waals surface area contributed by atoms with Crippen molar-refractivity contribution in [1.82, 2.24) is 10.2 Å². The van der Waals surface area contributed by atoms with Crippen LogP contribution in [0.1, 0.15) is 19.8 Å². The normalized spacial score (nSPS) is 16.1. The number of nitrogens with one attached hydrogen (secondary N) is 2. The van der Waals surface area contributed by atoms with Gasteiger partial charge in [-0.1, -0.05) is 19.1 Å². The van der Waals surface area contributed by atoms with Gasteiger partial charge in [0, 0.05) is 23.4 Å². The molecule has 1 unspecified atom stereocenters. The highest BCUT2D eigenvalue weighted by Crippen LogP contribution is 2.37. The van der Waals surface area contributed by atoms with Gasteiger partial charge < -0.3 is 5.32 Å². The van der Waals surface area contributed by atoms with E-state index in [1.165, 1.54) is 12.8 Å². The van der Waals surface area contributed by atoms with Crippen LogP contribution in [0.2, 0.25) is 0 Å². The van der Waals surface area contributed by atoms with Crippen LogP contribution in [0, 0.1) is 11.8 Å². The van der Waals surface area contributed by atoms with Crippen LogP contribution in [0.15, 0.2) is 36.5 Å². The van der Waals surface area contributed by atoms with E-state index >= 15 is 0 Å². The Morgan fingerprint density at radius 3 is 2.95 bits per heavy atom. The van der Waals surface area contributed by atoms with Gasteiger partial charge in [-0.2, -0.15) is 5.10 Å². The first-order chi connectivity index (χ1) is 9.24. The number of carbonyl (C=O) groups excluding carboxylic acids is 1. The van der Waals surface area contributed by atoms with Crippen LogP contribution in [-0.4, -0.2) is 16.1 Å². The third-order valence-electron chi connectivity index (χ3n) is 3.68. The van der Waals surface area contributed by atoms with E-state index in [4.69, 9.17) is 0 Å². The number of hydrogen-bond donors (Lipinski definition) is 2. The average Bonchev–Trinajstić information content (AvgIpc) is 3.12. The predicted molar refractivity (Wildman–Crippen MR) is 74.5 cm³/mol. The fourth-order valence-corrected chi connectivity index (χ4v) is 2.25. The molecule has 0 spiro atoms. The lowest BCUT2D eigenvalue weighted by molar-refractivity contribution is -0.119. The van der Waals surface area contributed by atoms with E-state index in [1.807, 2.05) is 37.3 Å². The average molecular weight is 255 g/mol. The molecule has 1 saturated carbocycles. The summed E-state index contributed by atoms with van der Waals surface area (Å²) in [5, 5.41) is 9.85. The molecule has 19 heavy (non-hydrogen) atoms. The first-order valence-corrected chi connectivity index (χ1v) is 6.65. The summed E-state index contributed by atoms with van der Waals surface area (Å²) in [6.45, 7) is 2.01. The number of amides is 1. The number of hydrogen-bond acceptors (Lipinski definition) is 2. The van der Waals surface area contributed by atoms with Gasteiger partial charge in [0.15, 0.2) is 0 Å². The smallest absolute Gasteiger partial charge is 0.227 e. The number of aromatic nitrogens is 2. The molecule has 1 heterocycles. The Bertz CT molecular complexity index is 573. The maximum Gasteiger partial charge on any atom is 0.227 e. The number of aromatic amines is 1. The standard InChI is InChI=1S/C15H17N3O/c1-10(11-5-6-11)15(19)17-13-4-2-3-12(9-13)14-7-8-16-18-14/h2-4,7-11H,5-6H2,1H3,(H,16,18)(H,17,19). The van der Waals surface area contributed by atoms with E-state index in [0.717, 1.165) is 16.9 Å². The summed E-state index contributed by atoms with van der Waals surface area (Å²) in [5.41, 5.74) is 2.81. The van der Waals surface area contributed by atoms with E-state index in [0.29, 0.717) is 5.92 Å². The summed E-state index contributed by atoms with van der Waals surface area (Å²) in [7, 11) is 0. The van der Waals surface area contributed by atoms with Crippen LogP contribution in [0.4, 0.5) is 5.69 Å². The summed E-state index contributed by atoms with van der Waals surface area (Å²) in [6, 6.07) is 9.72. The molecule has 4 nitrogen and oxygen atoms in total. The van der Waals surface area contributed by atoms with Crippen molar-refractivity contribution >= 4 is 11.6 Å². The summed E-state index contributed by atoms with van der Waals surface area (Å²) < 4.78 is 0. The number of rotatable bonds is 4. The molecule has 1 atom stereocenters. The second-order valence-corrected chi connectivity index (χ2v) is 5.17. The molecule has 1 fully saturated rings. The molecule has 1 amide bonds. The molecular weight excluding hydrogens is 238 g/mol. The van der Waals surface area contributed by atoms with E-state index in [9.17, 15) is 4.79 Å². The van der Waals surface area contributed by atoms with E-state index in [2.05, 4.69) is 15.5 Å². The van der Waals surface area contributed by atoms with Crippen LogP contribution in [0.5, 0.6) is 0 Å². The molecule has 1 aromatic carbocycles. The molecule has 3 rings (SSSR count). The molecule has 4 heteroatoms. The van der Waals surface area contributed by atoms with Crippen molar-refractivity contribution in [3.05, 3.63) is 36.5 Å². The molecule has 1 aromatic heterocycles. The van der Waals surface area contributed by atoms with Gasteiger partial charge in [-0.3, -0.25) is 9.89 Å². The summed E-state index contributed by atoms with van der Waals surface area (Å²) in [5.74, 6) is 0.802. The highest BCUT2D eigenvalue weighted by molar-refractivity contribution is 5.93. The van der Waals surface area contributed by atoms with Gasteiger partial charge in [-0.05, 0) is 37.0 Å². The van der Waals surface area contributed by atoms with Gasteiger partial charge in [0.05, 0.1) is 5.69 Å². The third-order valence-corrected chi connectivity index (χ3v) is 3.68. The largest absolute Gasteiger partial charge is 0.326 e. The van der Waals surface area contributed by atoms with Gasteiger partial charge >= 0.3 is 0 Å². The Labute approximate surface area is 112 Å². The Morgan fingerprint density at radius 2 is 2.26 bits per heavy atom. The van der Waals surface area contributed by atoms with E-state index in [1.54, 1.807) is 6.20 Å². The highest BCUT2D eigenvalue weighted by Gasteiger charge is 2.32. The lowest BCUT2D eigenvalue weighted by atomic mass is 10.1. The second kappa shape index (κ2) is 4.88. The minimum atomic E-state index is 0.107. The van der Waals surface area contributed by atoms with Crippen molar-refractivity contribution in [2.75, 3.05) is 5.32 Å². The zero-order chi connectivity index (χ0) is 13.2. The summed E-state index contributed by atoms with van der Waals surface area (Å²) in [4.78, 5) is 12.1. The van der Waals surface area contributed by atoms with Crippen molar-refractivity contribution in [2.24, 2.45) is 11.8 Å². The molecule has 0 bridgehead atoms. The van der Waals surface area contributed by atoms with Crippen LogP contribution in [0.3, 0.4) is 0 Å². The molecule has 1 aliphatic rings. The van der Waals surface area contributed by atoms with Crippen LogP contribution in [0.25, 0.3) is 11.3 Å². The minimum absolute atomic E-state index is 0.107.